The van der Waals surface area contributed by atoms with Crippen molar-refractivity contribution in [3.8, 4) is 22.8 Å². The number of benzene rings is 2. The summed E-state index contributed by atoms with van der Waals surface area (Å²) in [6.07, 6.45) is 0.648. The molecule has 3 rings (SSSR count). The zero-order chi connectivity index (χ0) is 16.2. The Kier molecular flexibility index (Phi) is 3.93. The minimum atomic E-state index is -0.492. The summed E-state index contributed by atoms with van der Waals surface area (Å²) < 4.78 is 11.3. The summed E-state index contributed by atoms with van der Waals surface area (Å²) in [6, 6.07) is 17.1. The van der Waals surface area contributed by atoms with E-state index in [0.717, 1.165) is 5.56 Å². The molecule has 1 heterocycles. The Bertz CT molecular complexity index is 849. The van der Waals surface area contributed by atoms with Gasteiger partial charge in [-0.05, 0) is 48.5 Å². The van der Waals surface area contributed by atoms with E-state index >= 15 is 0 Å². The van der Waals surface area contributed by atoms with Gasteiger partial charge in [0.2, 0.25) is 5.91 Å². The number of amides is 1. The maximum absolute atomic E-state index is 11.1. The molecule has 0 spiro atoms. The van der Waals surface area contributed by atoms with Crippen LogP contribution in [0.3, 0.4) is 0 Å². The van der Waals surface area contributed by atoms with Crippen LogP contribution in [0.2, 0.25) is 0 Å². The molecule has 0 aliphatic carbocycles. The number of para-hydroxylation sites is 1. The fourth-order valence-electron chi connectivity index (χ4n) is 2.13. The molecule has 0 aliphatic heterocycles. The Morgan fingerprint density at radius 3 is 2.39 bits per heavy atom. The lowest BCUT2D eigenvalue weighted by Crippen LogP contribution is -2.10. The van der Waals surface area contributed by atoms with Crippen molar-refractivity contribution in [1.82, 2.24) is 0 Å². The minimum Gasteiger partial charge on any atom is -0.457 e. The second-order valence-electron chi connectivity index (χ2n) is 4.81. The summed E-state index contributed by atoms with van der Waals surface area (Å²) in [5.74, 6) is 1.43. The summed E-state index contributed by atoms with van der Waals surface area (Å²) in [5.41, 5.74) is 6.34. The first-order valence-corrected chi connectivity index (χ1v) is 6.89. The van der Waals surface area contributed by atoms with Crippen molar-refractivity contribution in [3.63, 3.8) is 0 Å². The van der Waals surface area contributed by atoms with Gasteiger partial charge >= 0.3 is 0 Å². The summed E-state index contributed by atoms with van der Waals surface area (Å²) in [7, 11) is 0. The highest BCUT2D eigenvalue weighted by molar-refractivity contribution is 5.92. The average Bonchev–Trinajstić information content (AvgIpc) is 3.05. The Labute approximate surface area is 132 Å². The van der Waals surface area contributed by atoms with Crippen molar-refractivity contribution >= 4 is 12.2 Å². The Morgan fingerprint density at radius 2 is 1.74 bits per heavy atom. The highest BCUT2D eigenvalue weighted by atomic mass is 16.5. The largest absolute Gasteiger partial charge is 0.457 e. The molecule has 0 saturated carbocycles. The molecular weight excluding hydrogens is 294 g/mol. The predicted octanol–water partition coefficient (Wildman–Crippen LogP) is 3.65. The molecule has 114 valence electrons. The number of furan rings is 1. The molecule has 0 fully saturated rings. The monoisotopic (exact) mass is 307 g/mol. The molecule has 5 heteroatoms. The molecule has 0 saturated heterocycles. The maximum atomic E-state index is 11.1. The van der Waals surface area contributed by atoms with Crippen molar-refractivity contribution in [2.24, 2.45) is 5.73 Å². The van der Waals surface area contributed by atoms with Crippen LogP contribution in [0.5, 0.6) is 11.5 Å². The number of aldehydes is 1. The standard InChI is InChI=1S/C18H13NO4/c19-18(21)12-5-7-13(8-6-12)22-16-4-2-1-3-15(16)17-10-9-14(11-20)23-17/h1-11H,(H2,19,21). The van der Waals surface area contributed by atoms with Gasteiger partial charge in [0.1, 0.15) is 17.3 Å². The van der Waals surface area contributed by atoms with E-state index in [9.17, 15) is 9.59 Å². The molecule has 0 radical (unpaired) electrons. The number of hydrogen-bond acceptors (Lipinski definition) is 4. The SMILES string of the molecule is NC(=O)c1ccc(Oc2ccccc2-c2ccc(C=O)o2)cc1. The zero-order valence-electron chi connectivity index (χ0n) is 12.1. The first kappa shape index (κ1) is 14.6. The molecule has 2 aromatic carbocycles. The van der Waals surface area contributed by atoms with E-state index in [2.05, 4.69) is 0 Å². The molecule has 0 atom stereocenters. The van der Waals surface area contributed by atoms with Gasteiger partial charge in [-0.3, -0.25) is 9.59 Å². The summed E-state index contributed by atoms with van der Waals surface area (Å²) in [5, 5.41) is 0. The zero-order valence-corrected chi connectivity index (χ0v) is 12.1. The molecule has 23 heavy (non-hydrogen) atoms. The molecule has 0 unspecified atom stereocenters. The van der Waals surface area contributed by atoms with E-state index in [-0.39, 0.29) is 5.76 Å². The van der Waals surface area contributed by atoms with Crippen LogP contribution in [0.1, 0.15) is 20.9 Å². The normalized spacial score (nSPS) is 10.3. The third kappa shape index (κ3) is 3.13. The summed E-state index contributed by atoms with van der Waals surface area (Å²) in [4.78, 5) is 21.8. The van der Waals surface area contributed by atoms with E-state index in [1.54, 1.807) is 42.5 Å². The van der Waals surface area contributed by atoms with Crippen molar-refractivity contribution in [1.29, 1.82) is 0 Å². The molecule has 3 aromatic rings. The van der Waals surface area contributed by atoms with E-state index < -0.39 is 5.91 Å². The number of ether oxygens (including phenoxy) is 1. The van der Waals surface area contributed by atoms with Crippen LogP contribution in [-0.4, -0.2) is 12.2 Å². The Hall–Kier alpha value is -3.34. The minimum absolute atomic E-state index is 0.251. The number of primary amides is 1. The van der Waals surface area contributed by atoms with Crippen LogP contribution in [0.15, 0.2) is 65.1 Å². The van der Waals surface area contributed by atoms with E-state index in [1.807, 2.05) is 18.2 Å². The third-order valence-corrected chi connectivity index (χ3v) is 3.26. The van der Waals surface area contributed by atoms with Crippen molar-refractivity contribution in [3.05, 3.63) is 72.0 Å². The fourth-order valence-corrected chi connectivity index (χ4v) is 2.13. The molecule has 2 N–H and O–H groups in total. The highest BCUT2D eigenvalue weighted by Crippen LogP contribution is 2.34. The van der Waals surface area contributed by atoms with Gasteiger partial charge in [-0.1, -0.05) is 12.1 Å². The highest BCUT2D eigenvalue weighted by Gasteiger charge is 2.11. The van der Waals surface area contributed by atoms with Gasteiger partial charge in [-0.15, -0.1) is 0 Å². The second-order valence-corrected chi connectivity index (χ2v) is 4.81. The lowest BCUT2D eigenvalue weighted by Gasteiger charge is -2.09. The van der Waals surface area contributed by atoms with Crippen LogP contribution in [0, 0.1) is 0 Å². The first-order valence-electron chi connectivity index (χ1n) is 6.89. The molecule has 1 aromatic heterocycles. The van der Waals surface area contributed by atoms with Gasteiger partial charge in [0, 0.05) is 5.56 Å². The van der Waals surface area contributed by atoms with E-state index in [0.29, 0.717) is 29.1 Å². The molecule has 5 nitrogen and oxygen atoms in total. The van der Waals surface area contributed by atoms with Crippen LogP contribution in [0.25, 0.3) is 11.3 Å². The third-order valence-electron chi connectivity index (χ3n) is 3.26. The van der Waals surface area contributed by atoms with Gasteiger partial charge in [0.05, 0.1) is 5.56 Å². The number of rotatable bonds is 5. The lowest BCUT2D eigenvalue weighted by atomic mass is 10.1. The predicted molar refractivity (Wildman–Crippen MR) is 84.6 cm³/mol. The second kappa shape index (κ2) is 6.19. The molecular formula is C18H13NO4. The van der Waals surface area contributed by atoms with Gasteiger partial charge in [-0.2, -0.15) is 0 Å². The van der Waals surface area contributed by atoms with Gasteiger partial charge in [-0.25, -0.2) is 0 Å². The van der Waals surface area contributed by atoms with Gasteiger partial charge in [0.25, 0.3) is 0 Å². The summed E-state index contributed by atoms with van der Waals surface area (Å²) in [6.45, 7) is 0. The van der Waals surface area contributed by atoms with E-state index in [4.69, 9.17) is 14.9 Å². The van der Waals surface area contributed by atoms with Crippen molar-refractivity contribution < 1.29 is 18.7 Å². The van der Waals surface area contributed by atoms with Gasteiger partial charge < -0.3 is 14.9 Å². The fraction of sp³-hybridized carbons (Fsp3) is 0. The maximum Gasteiger partial charge on any atom is 0.248 e. The molecule has 1 amide bonds. The lowest BCUT2D eigenvalue weighted by molar-refractivity contribution is 0.0999. The smallest absolute Gasteiger partial charge is 0.248 e. The van der Waals surface area contributed by atoms with Crippen LogP contribution < -0.4 is 10.5 Å². The number of hydrogen-bond donors (Lipinski definition) is 1. The number of nitrogens with two attached hydrogens (primary N) is 1. The van der Waals surface area contributed by atoms with Gasteiger partial charge in [0.15, 0.2) is 12.0 Å². The van der Waals surface area contributed by atoms with Crippen LogP contribution >= 0.6 is 0 Å². The van der Waals surface area contributed by atoms with Crippen LogP contribution in [0.4, 0.5) is 0 Å². The molecule has 0 aliphatic rings. The summed E-state index contributed by atoms with van der Waals surface area (Å²) >= 11 is 0. The molecule has 0 bridgehead atoms. The first-order chi connectivity index (χ1) is 11.2. The Morgan fingerprint density at radius 1 is 1.00 bits per heavy atom. The Balaban J connectivity index is 1.91. The topological polar surface area (TPSA) is 82.5 Å². The number of carbonyl (C=O) groups is 2. The number of carbonyl (C=O) groups excluding carboxylic acids is 2. The van der Waals surface area contributed by atoms with Crippen molar-refractivity contribution in [2.75, 3.05) is 0 Å². The van der Waals surface area contributed by atoms with Crippen LogP contribution in [-0.2, 0) is 0 Å². The quantitative estimate of drug-likeness (QED) is 0.729. The van der Waals surface area contributed by atoms with E-state index in [1.165, 1.54) is 0 Å². The average molecular weight is 307 g/mol. The van der Waals surface area contributed by atoms with Crippen molar-refractivity contribution in [2.45, 2.75) is 0 Å².